The predicted molar refractivity (Wildman–Crippen MR) is 225 cm³/mol. The highest BCUT2D eigenvalue weighted by molar-refractivity contribution is 6.99. The average molecular weight is 893 g/mol. The molecule has 2 aliphatic rings. The SMILES string of the molecule is Nc1nccc(COc2nsnc2N2CCN(C(=O)Nc3cccc(C(F)(F)F)c3)CC2)n1.Nc1nccc(COc2nsnc2N2CCN(C(=O)Nc3ccccc3)CC2)n1. The van der Waals surface area contributed by atoms with Crippen LogP contribution in [0.1, 0.15) is 17.0 Å². The fraction of sp³-hybridized carbons (Fsp3) is 0.297. The summed E-state index contributed by atoms with van der Waals surface area (Å²) in [5.41, 5.74) is 12.5. The van der Waals surface area contributed by atoms with E-state index in [0.29, 0.717) is 87.1 Å². The third kappa shape index (κ3) is 11.6. The average Bonchev–Trinajstić information content (AvgIpc) is 3.96. The van der Waals surface area contributed by atoms with E-state index >= 15 is 0 Å². The van der Waals surface area contributed by atoms with Gasteiger partial charge in [0.2, 0.25) is 23.5 Å². The quantitative estimate of drug-likeness (QED) is 0.146. The van der Waals surface area contributed by atoms with E-state index in [9.17, 15) is 22.8 Å². The molecular weight excluding hydrogens is 854 g/mol. The Morgan fingerprint density at radius 1 is 0.629 bits per heavy atom. The number of alkyl halides is 3. The Morgan fingerprint density at radius 2 is 1.10 bits per heavy atom. The number of nitrogens with two attached hydrogens (primary N) is 2. The van der Waals surface area contributed by atoms with E-state index in [1.165, 1.54) is 23.2 Å². The summed E-state index contributed by atoms with van der Waals surface area (Å²) in [4.78, 5) is 48.1. The number of piperazine rings is 2. The summed E-state index contributed by atoms with van der Waals surface area (Å²) in [6.07, 6.45) is -1.36. The number of nitrogens with zero attached hydrogens (tertiary/aromatic N) is 12. The number of halogens is 3. The molecule has 2 fully saturated rings. The summed E-state index contributed by atoms with van der Waals surface area (Å²) in [5.74, 6) is 2.38. The maximum Gasteiger partial charge on any atom is 0.416 e. The van der Waals surface area contributed by atoms with Gasteiger partial charge in [0.15, 0.2) is 0 Å². The third-order valence-corrected chi connectivity index (χ3v) is 10.3. The third-order valence-electron chi connectivity index (χ3n) is 9.26. The lowest BCUT2D eigenvalue weighted by atomic mass is 10.2. The van der Waals surface area contributed by atoms with Crippen molar-refractivity contribution < 1.29 is 32.2 Å². The molecule has 0 saturated carbocycles. The van der Waals surface area contributed by atoms with E-state index in [-0.39, 0.29) is 36.8 Å². The van der Waals surface area contributed by atoms with Crippen molar-refractivity contribution in [2.45, 2.75) is 19.4 Å². The van der Waals surface area contributed by atoms with Crippen molar-refractivity contribution in [1.82, 2.24) is 47.2 Å². The van der Waals surface area contributed by atoms with Gasteiger partial charge in [-0.3, -0.25) is 0 Å². The number of urea groups is 2. The molecule has 6 N–H and O–H groups in total. The molecule has 2 aromatic carbocycles. The van der Waals surface area contributed by atoms with Gasteiger partial charge >= 0.3 is 18.2 Å². The first-order valence-electron chi connectivity index (χ1n) is 18.9. The first kappa shape index (κ1) is 43.0. The van der Waals surface area contributed by atoms with Gasteiger partial charge < -0.3 is 51.2 Å². The van der Waals surface area contributed by atoms with Gasteiger partial charge in [-0.25, -0.2) is 29.5 Å². The molecule has 0 unspecified atom stereocenters. The first-order chi connectivity index (χ1) is 30.0. The molecule has 0 aliphatic carbocycles. The number of ether oxygens (including phenoxy) is 2. The van der Waals surface area contributed by atoms with Crippen LogP contribution >= 0.6 is 23.5 Å². The summed E-state index contributed by atoms with van der Waals surface area (Å²) in [5, 5.41) is 5.43. The lowest BCUT2D eigenvalue weighted by Gasteiger charge is -2.34. The number of benzene rings is 2. The zero-order valence-corrected chi connectivity index (χ0v) is 34.3. The molecule has 2 aliphatic heterocycles. The zero-order chi connectivity index (χ0) is 43.5. The number of amides is 4. The maximum absolute atomic E-state index is 12.9. The molecule has 62 heavy (non-hydrogen) atoms. The molecule has 0 atom stereocenters. The van der Waals surface area contributed by atoms with Gasteiger partial charge in [-0.1, -0.05) is 24.3 Å². The van der Waals surface area contributed by atoms with Crippen molar-refractivity contribution in [3.8, 4) is 11.8 Å². The number of aromatic nitrogens is 8. The highest BCUT2D eigenvalue weighted by atomic mass is 32.1. The van der Waals surface area contributed by atoms with Gasteiger partial charge in [-0.15, -0.1) is 8.75 Å². The Kier molecular flexibility index (Phi) is 13.8. The van der Waals surface area contributed by atoms with Crippen molar-refractivity contribution >= 4 is 70.4 Å². The molecule has 8 rings (SSSR count). The fourth-order valence-corrected chi connectivity index (χ4v) is 7.17. The largest absolute Gasteiger partial charge is 0.468 e. The van der Waals surface area contributed by atoms with Crippen molar-refractivity contribution in [2.24, 2.45) is 0 Å². The molecule has 6 aromatic rings. The summed E-state index contributed by atoms with van der Waals surface area (Å²) < 4.78 is 67.2. The summed E-state index contributed by atoms with van der Waals surface area (Å²) in [6.45, 7) is 4.44. The molecule has 324 valence electrons. The Morgan fingerprint density at radius 3 is 1.56 bits per heavy atom. The predicted octanol–water partition coefficient (Wildman–Crippen LogP) is 4.71. The molecule has 0 spiro atoms. The molecule has 25 heteroatoms. The molecule has 4 amide bonds. The number of hydrogen-bond donors (Lipinski definition) is 4. The minimum Gasteiger partial charge on any atom is -0.468 e. The van der Waals surface area contributed by atoms with Gasteiger partial charge in [-0.05, 0) is 42.5 Å². The topological polar surface area (TPSA) is 245 Å². The first-order valence-corrected chi connectivity index (χ1v) is 20.3. The number of carbonyl (C=O) groups is 2. The van der Waals surface area contributed by atoms with Crippen LogP contribution in [-0.2, 0) is 19.4 Å². The van der Waals surface area contributed by atoms with Crippen LogP contribution in [0.25, 0.3) is 0 Å². The summed E-state index contributed by atoms with van der Waals surface area (Å²) >= 11 is 2.09. The second kappa shape index (κ2) is 19.9. The second-order valence-electron chi connectivity index (χ2n) is 13.4. The Hall–Kier alpha value is -7.15. The van der Waals surface area contributed by atoms with E-state index in [1.807, 2.05) is 35.2 Å². The van der Waals surface area contributed by atoms with Gasteiger partial charge in [0.25, 0.3) is 11.8 Å². The summed E-state index contributed by atoms with van der Waals surface area (Å²) in [7, 11) is 0. The van der Waals surface area contributed by atoms with Crippen LogP contribution in [-0.4, -0.2) is 112 Å². The molecule has 6 heterocycles. The maximum atomic E-state index is 12.9. The molecule has 20 nitrogen and oxygen atoms in total. The monoisotopic (exact) mass is 892 g/mol. The highest BCUT2D eigenvalue weighted by Gasteiger charge is 2.31. The van der Waals surface area contributed by atoms with Gasteiger partial charge in [0.05, 0.1) is 40.4 Å². The number of para-hydroxylation sites is 1. The number of hydrogen-bond acceptors (Lipinski definition) is 18. The lowest BCUT2D eigenvalue weighted by Crippen LogP contribution is -2.50. The van der Waals surface area contributed by atoms with E-state index in [0.717, 1.165) is 41.3 Å². The van der Waals surface area contributed by atoms with Crippen molar-refractivity contribution in [3.05, 3.63) is 96.1 Å². The minimum atomic E-state index is -4.48. The molecule has 2 saturated heterocycles. The molecule has 0 radical (unpaired) electrons. The number of nitrogen functional groups attached to an aromatic ring is 2. The fourth-order valence-electron chi connectivity index (χ4n) is 6.13. The van der Waals surface area contributed by atoms with E-state index in [1.54, 1.807) is 23.2 Å². The highest BCUT2D eigenvalue weighted by Crippen LogP contribution is 2.32. The lowest BCUT2D eigenvalue weighted by molar-refractivity contribution is -0.137. The van der Waals surface area contributed by atoms with Gasteiger partial charge in [-0.2, -0.15) is 21.9 Å². The molecular formula is C37H39F3N16O4S2. The standard InChI is InChI=1S/C19H19F3N8O2S.C18H20N8O2S/c20-19(21,22)12-2-1-3-13(10-12)26-18(31)30-8-6-29(7-9-30)15-16(28-33-27-15)32-11-14-4-5-24-17(23)25-14;19-17-20-7-6-14(21-17)12-28-16-15(23-29-24-16)25-8-10-26(11-9-25)18(27)22-13-4-2-1-3-5-13/h1-5,10H,6-9,11H2,(H,26,31)(H2,23,24,25);1-7H,8-12H2,(H,22,27)(H2,19,20,21). The molecule has 0 bridgehead atoms. The van der Waals surface area contributed by atoms with Crippen molar-refractivity contribution in [3.63, 3.8) is 0 Å². The number of nitrogens with one attached hydrogen (secondary N) is 2. The summed E-state index contributed by atoms with van der Waals surface area (Å²) in [6, 6.07) is 16.8. The minimum absolute atomic E-state index is 0.0852. The van der Waals surface area contributed by atoms with E-state index in [4.69, 9.17) is 20.9 Å². The van der Waals surface area contributed by atoms with Crippen LogP contribution in [0.5, 0.6) is 11.8 Å². The number of anilines is 6. The molecule has 4 aromatic heterocycles. The van der Waals surface area contributed by atoms with E-state index in [2.05, 4.69) is 53.0 Å². The van der Waals surface area contributed by atoms with Crippen molar-refractivity contribution in [1.29, 1.82) is 0 Å². The Bertz CT molecular complexity index is 2410. The Balaban J connectivity index is 0.000000188. The number of carbonyl (C=O) groups excluding carboxylic acids is 2. The number of rotatable bonds is 10. The van der Waals surface area contributed by atoms with Gasteiger partial charge in [0.1, 0.15) is 13.2 Å². The van der Waals surface area contributed by atoms with Crippen LogP contribution in [0.15, 0.2) is 79.1 Å². The van der Waals surface area contributed by atoms with Gasteiger partial charge in [0, 0.05) is 76.1 Å². The van der Waals surface area contributed by atoms with Crippen LogP contribution < -0.4 is 41.4 Å². The second-order valence-corrected chi connectivity index (χ2v) is 14.5. The smallest absolute Gasteiger partial charge is 0.416 e. The Labute approximate surface area is 360 Å². The van der Waals surface area contributed by atoms with Crippen LogP contribution in [0.4, 0.5) is 57.7 Å². The normalized spacial score (nSPS) is 14.1. The van der Waals surface area contributed by atoms with Crippen LogP contribution in [0.3, 0.4) is 0 Å². The van der Waals surface area contributed by atoms with Crippen molar-refractivity contribution in [2.75, 3.05) is 84.3 Å². The van der Waals surface area contributed by atoms with Crippen LogP contribution in [0.2, 0.25) is 0 Å². The van der Waals surface area contributed by atoms with Crippen LogP contribution in [0, 0.1) is 0 Å². The van der Waals surface area contributed by atoms with E-state index < -0.39 is 17.8 Å². The zero-order valence-electron chi connectivity index (χ0n) is 32.7.